The molecule has 142 valence electrons. The van der Waals surface area contributed by atoms with Gasteiger partial charge in [-0.3, -0.25) is 9.59 Å². The van der Waals surface area contributed by atoms with Crippen LogP contribution in [-0.2, 0) is 20.9 Å². The lowest BCUT2D eigenvalue weighted by molar-refractivity contribution is -0.150. The van der Waals surface area contributed by atoms with Gasteiger partial charge in [0.1, 0.15) is 0 Å². The zero-order chi connectivity index (χ0) is 18.7. The molecule has 0 bridgehead atoms. The molecule has 0 unspecified atom stereocenters. The summed E-state index contributed by atoms with van der Waals surface area (Å²) in [6, 6.07) is 8.19. The van der Waals surface area contributed by atoms with Crippen LogP contribution in [0.4, 0.5) is 0 Å². The second-order valence-electron chi connectivity index (χ2n) is 7.65. The van der Waals surface area contributed by atoms with E-state index in [9.17, 15) is 9.59 Å². The molecule has 0 aliphatic carbocycles. The molecule has 1 aromatic rings. The molecule has 6 heteroatoms. The zero-order valence-electron chi connectivity index (χ0n) is 16.0. The molecule has 1 aromatic carbocycles. The van der Waals surface area contributed by atoms with E-state index in [0.717, 1.165) is 6.54 Å². The topological polar surface area (TPSA) is 53.1 Å². The van der Waals surface area contributed by atoms with E-state index >= 15 is 0 Å². The van der Waals surface area contributed by atoms with Crippen molar-refractivity contribution >= 4 is 11.8 Å². The summed E-state index contributed by atoms with van der Waals surface area (Å²) in [5.74, 6) is 0.00139. The maximum Gasteiger partial charge on any atom is 0.228 e. The second-order valence-corrected chi connectivity index (χ2v) is 7.65. The van der Waals surface area contributed by atoms with Gasteiger partial charge in [-0.1, -0.05) is 24.3 Å². The average molecular weight is 359 g/mol. The third-order valence-electron chi connectivity index (χ3n) is 5.28. The first kappa shape index (κ1) is 18.9. The lowest BCUT2D eigenvalue weighted by Crippen LogP contribution is -2.56. The molecule has 2 amide bonds. The van der Waals surface area contributed by atoms with Crippen molar-refractivity contribution in [3.8, 4) is 0 Å². The van der Waals surface area contributed by atoms with Crippen LogP contribution in [0.3, 0.4) is 0 Å². The molecular weight excluding hydrogens is 330 g/mol. The standard InChI is InChI=1S/C20H29N3O3/c1-15-6-4-5-7-16(15)14-26-18-12-23(13-18)20(25)17-10-19(24)22(11-17)9-8-21(2)3/h4-7,17-18H,8-14H2,1-3H3/t17-/m1/s1. The number of ether oxygens (including phenoxy) is 1. The van der Waals surface area contributed by atoms with Crippen LogP contribution in [0.15, 0.2) is 24.3 Å². The van der Waals surface area contributed by atoms with Crippen molar-refractivity contribution in [1.82, 2.24) is 14.7 Å². The fourth-order valence-corrected chi connectivity index (χ4v) is 3.44. The predicted octanol–water partition coefficient (Wildman–Crippen LogP) is 1.13. The van der Waals surface area contributed by atoms with Gasteiger partial charge in [-0.15, -0.1) is 0 Å². The summed E-state index contributed by atoms with van der Waals surface area (Å²) in [5, 5.41) is 0. The van der Waals surface area contributed by atoms with Crippen molar-refractivity contribution in [2.24, 2.45) is 5.92 Å². The first-order valence-corrected chi connectivity index (χ1v) is 9.31. The molecule has 3 rings (SSSR count). The molecule has 0 spiro atoms. The molecule has 2 fully saturated rings. The highest BCUT2D eigenvalue weighted by Crippen LogP contribution is 2.24. The number of carbonyl (C=O) groups is 2. The maximum atomic E-state index is 12.6. The van der Waals surface area contributed by atoms with Crippen LogP contribution in [0.2, 0.25) is 0 Å². The Hall–Kier alpha value is -1.92. The highest BCUT2D eigenvalue weighted by Gasteiger charge is 2.40. The average Bonchev–Trinajstić information content (AvgIpc) is 2.94. The largest absolute Gasteiger partial charge is 0.370 e. The van der Waals surface area contributed by atoms with Crippen molar-refractivity contribution in [2.75, 3.05) is 46.8 Å². The fourth-order valence-electron chi connectivity index (χ4n) is 3.44. The molecule has 26 heavy (non-hydrogen) atoms. The summed E-state index contributed by atoms with van der Waals surface area (Å²) < 4.78 is 5.92. The number of hydrogen-bond acceptors (Lipinski definition) is 4. The molecule has 1 atom stereocenters. The minimum absolute atomic E-state index is 0.0954. The monoisotopic (exact) mass is 359 g/mol. The van der Waals surface area contributed by atoms with E-state index in [4.69, 9.17) is 4.74 Å². The normalized spacial score (nSPS) is 20.8. The van der Waals surface area contributed by atoms with E-state index < -0.39 is 0 Å². The van der Waals surface area contributed by atoms with E-state index in [2.05, 4.69) is 19.1 Å². The molecule has 2 aliphatic rings. The van der Waals surface area contributed by atoms with E-state index in [1.807, 2.05) is 40.9 Å². The Kier molecular flexibility index (Phi) is 5.94. The van der Waals surface area contributed by atoms with Gasteiger partial charge in [0, 0.05) is 39.1 Å². The number of nitrogens with zero attached hydrogens (tertiary/aromatic N) is 3. The predicted molar refractivity (Wildman–Crippen MR) is 99.6 cm³/mol. The zero-order valence-corrected chi connectivity index (χ0v) is 16.0. The Labute approximate surface area is 155 Å². The Bertz CT molecular complexity index is 655. The Morgan fingerprint density at radius 1 is 1.23 bits per heavy atom. The smallest absolute Gasteiger partial charge is 0.228 e. The SMILES string of the molecule is Cc1ccccc1COC1CN(C(=O)[C@@H]2CC(=O)N(CCN(C)C)C2)C1. The lowest BCUT2D eigenvalue weighted by Gasteiger charge is -2.40. The van der Waals surface area contributed by atoms with Gasteiger partial charge >= 0.3 is 0 Å². The van der Waals surface area contributed by atoms with Crippen LogP contribution < -0.4 is 0 Å². The number of likely N-dealkylation sites (tertiary alicyclic amines) is 2. The number of carbonyl (C=O) groups excluding carboxylic acids is 2. The quantitative estimate of drug-likeness (QED) is 0.732. The van der Waals surface area contributed by atoms with Gasteiger partial charge in [-0.05, 0) is 32.1 Å². The van der Waals surface area contributed by atoms with Crippen LogP contribution in [0.5, 0.6) is 0 Å². The van der Waals surface area contributed by atoms with Crippen LogP contribution in [0, 0.1) is 12.8 Å². The summed E-state index contributed by atoms with van der Waals surface area (Å²) >= 11 is 0. The van der Waals surface area contributed by atoms with Crippen LogP contribution in [0.1, 0.15) is 17.5 Å². The van der Waals surface area contributed by atoms with E-state index in [-0.39, 0.29) is 23.8 Å². The van der Waals surface area contributed by atoms with Crippen molar-refractivity contribution < 1.29 is 14.3 Å². The number of hydrogen-bond donors (Lipinski definition) is 0. The second kappa shape index (κ2) is 8.18. The van der Waals surface area contributed by atoms with Crippen molar-refractivity contribution in [3.05, 3.63) is 35.4 Å². The van der Waals surface area contributed by atoms with Gasteiger partial charge in [0.2, 0.25) is 11.8 Å². The molecule has 2 heterocycles. The van der Waals surface area contributed by atoms with Gasteiger partial charge in [-0.2, -0.15) is 0 Å². The molecule has 2 aliphatic heterocycles. The first-order valence-electron chi connectivity index (χ1n) is 9.31. The summed E-state index contributed by atoms with van der Waals surface area (Å²) in [4.78, 5) is 30.4. The summed E-state index contributed by atoms with van der Waals surface area (Å²) in [6.07, 6.45) is 0.442. The number of rotatable bonds is 7. The van der Waals surface area contributed by atoms with Crippen molar-refractivity contribution in [1.29, 1.82) is 0 Å². The molecule has 6 nitrogen and oxygen atoms in total. The van der Waals surface area contributed by atoms with Gasteiger partial charge < -0.3 is 19.4 Å². The Morgan fingerprint density at radius 3 is 2.65 bits per heavy atom. The number of likely N-dealkylation sites (N-methyl/N-ethyl adjacent to an activating group) is 1. The van der Waals surface area contributed by atoms with E-state index in [1.54, 1.807) is 0 Å². The van der Waals surface area contributed by atoms with Crippen molar-refractivity contribution in [3.63, 3.8) is 0 Å². The number of benzene rings is 1. The van der Waals surface area contributed by atoms with Gasteiger partial charge in [-0.25, -0.2) is 0 Å². The fraction of sp³-hybridized carbons (Fsp3) is 0.600. The Balaban J connectivity index is 1.41. The molecule has 0 N–H and O–H groups in total. The Morgan fingerprint density at radius 2 is 1.96 bits per heavy atom. The van der Waals surface area contributed by atoms with Crippen LogP contribution in [-0.4, -0.2) is 79.4 Å². The van der Waals surface area contributed by atoms with E-state index in [0.29, 0.717) is 39.2 Å². The number of aryl methyl sites for hydroxylation is 1. The molecule has 0 radical (unpaired) electrons. The molecule has 2 saturated heterocycles. The van der Waals surface area contributed by atoms with Gasteiger partial charge in [0.05, 0.1) is 18.6 Å². The third-order valence-corrected chi connectivity index (χ3v) is 5.28. The highest BCUT2D eigenvalue weighted by molar-refractivity contribution is 5.89. The summed E-state index contributed by atoms with van der Waals surface area (Å²) in [6.45, 7) is 5.99. The highest BCUT2D eigenvalue weighted by atomic mass is 16.5. The molecular formula is C20H29N3O3. The lowest BCUT2D eigenvalue weighted by atomic mass is 10.0. The van der Waals surface area contributed by atoms with Gasteiger partial charge in [0.25, 0.3) is 0 Å². The molecule has 0 aromatic heterocycles. The first-order chi connectivity index (χ1) is 12.4. The third kappa shape index (κ3) is 4.43. The molecule has 0 saturated carbocycles. The summed E-state index contributed by atoms with van der Waals surface area (Å²) in [7, 11) is 3.97. The minimum atomic E-state index is -0.193. The van der Waals surface area contributed by atoms with E-state index in [1.165, 1.54) is 11.1 Å². The van der Waals surface area contributed by atoms with Crippen LogP contribution in [0.25, 0.3) is 0 Å². The van der Waals surface area contributed by atoms with Crippen molar-refractivity contribution in [2.45, 2.75) is 26.1 Å². The summed E-state index contributed by atoms with van der Waals surface area (Å²) in [5.41, 5.74) is 2.41. The van der Waals surface area contributed by atoms with Gasteiger partial charge in [0.15, 0.2) is 0 Å². The number of amides is 2. The van der Waals surface area contributed by atoms with Crippen LogP contribution >= 0.6 is 0 Å². The maximum absolute atomic E-state index is 12.6. The minimum Gasteiger partial charge on any atom is -0.370 e.